The number of Topliss-reactive ketones (excluding diaryl/α,β-unsaturated/α-hetero) is 1. The third-order valence-electron chi connectivity index (χ3n) is 6.08. The Morgan fingerprint density at radius 2 is 1.70 bits per heavy atom. The van der Waals surface area contributed by atoms with E-state index in [9.17, 15) is 23.5 Å². The molecule has 9 nitrogen and oxygen atoms in total. The number of aliphatic hydroxyl groups is 1. The zero-order valence-electron chi connectivity index (χ0n) is 23.8. The fraction of sp³-hybridized carbons (Fsp3) is 0.290. The number of nitrogens with two attached hydrogens (primary N) is 1. The van der Waals surface area contributed by atoms with Gasteiger partial charge in [0.2, 0.25) is 0 Å². The minimum absolute atomic E-state index is 0. The molecular formula is C31H36ClF2N5O4. The monoisotopic (exact) mass is 615 g/mol. The molecule has 1 unspecified atom stereocenters. The van der Waals surface area contributed by atoms with Crippen LogP contribution in [0.2, 0.25) is 0 Å². The van der Waals surface area contributed by atoms with Crippen LogP contribution in [0.15, 0.2) is 79.0 Å². The van der Waals surface area contributed by atoms with Gasteiger partial charge in [-0.15, -0.1) is 17.5 Å². The highest BCUT2D eigenvalue weighted by molar-refractivity contribution is 5.98. The maximum Gasteiger partial charge on any atom is 0.270 e. The minimum Gasteiger partial charge on any atom is -0.490 e. The van der Waals surface area contributed by atoms with Crippen LogP contribution in [0, 0.1) is 11.6 Å². The first-order valence-corrected chi connectivity index (χ1v) is 13.6. The fourth-order valence-electron chi connectivity index (χ4n) is 3.88. The molecule has 4 rings (SSSR count). The highest BCUT2D eigenvalue weighted by atomic mass is 35.5. The molecule has 4 N–H and O–H groups in total. The van der Waals surface area contributed by atoms with Gasteiger partial charge in [0.15, 0.2) is 11.5 Å². The molecule has 12 heteroatoms. The van der Waals surface area contributed by atoms with Crippen LogP contribution in [0.25, 0.3) is 0 Å². The molecule has 0 saturated heterocycles. The third-order valence-corrected chi connectivity index (χ3v) is 6.08. The van der Waals surface area contributed by atoms with Crippen molar-refractivity contribution >= 4 is 24.1 Å². The number of aliphatic hydroxyl groups excluding tert-OH is 1. The summed E-state index contributed by atoms with van der Waals surface area (Å²) >= 11 is 0. The Hall–Kier alpha value is -4.19. The zero-order valence-corrected chi connectivity index (χ0v) is 24.6. The van der Waals surface area contributed by atoms with Crippen LogP contribution in [-0.4, -0.2) is 57.6 Å². The summed E-state index contributed by atoms with van der Waals surface area (Å²) in [6.45, 7) is 3.44. The number of ether oxygens (including phenoxy) is 1. The van der Waals surface area contributed by atoms with Crippen molar-refractivity contribution in [2.75, 3.05) is 19.7 Å². The van der Waals surface area contributed by atoms with Crippen molar-refractivity contribution in [1.82, 2.24) is 20.3 Å². The van der Waals surface area contributed by atoms with Crippen molar-refractivity contribution in [1.29, 1.82) is 0 Å². The molecule has 1 heterocycles. The van der Waals surface area contributed by atoms with E-state index < -0.39 is 23.6 Å². The summed E-state index contributed by atoms with van der Waals surface area (Å²) in [7, 11) is 0. The molecular weight excluding hydrogens is 580 g/mol. The van der Waals surface area contributed by atoms with Crippen LogP contribution < -0.4 is 15.8 Å². The molecule has 230 valence electrons. The number of halogens is 3. The summed E-state index contributed by atoms with van der Waals surface area (Å²) in [5.74, 6) is -1.51. The summed E-state index contributed by atoms with van der Waals surface area (Å²) in [5, 5.41) is 20.1. The molecule has 1 amide bonds. The van der Waals surface area contributed by atoms with Crippen LogP contribution >= 0.6 is 12.4 Å². The summed E-state index contributed by atoms with van der Waals surface area (Å²) in [4.78, 5) is 23.3. The molecule has 1 atom stereocenters. The molecule has 0 aliphatic carbocycles. The second kappa shape index (κ2) is 18.4. The van der Waals surface area contributed by atoms with E-state index in [-0.39, 0.29) is 42.6 Å². The van der Waals surface area contributed by atoms with Gasteiger partial charge in [-0.25, -0.2) is 13.5 Å². The van der Waals surface area contributed by atoms with Crippen molar-refractivity contribution < 1.29 is 28.2 Å². The number of rotatable bonds is 14. The van der Waals surface area contributed by atoms with Gasteiger partial charge in [-0.05, 0) is 49.2 Å². The lowest BCUT2D eigenvalue weighted by molar-refractivity contribution is 0.0949. The van der Waals surface area contributed by atoms with Crippen molar-refractivity contribution in [3.05, 3.63) is 113 Å². The Morgan fingerprint density at radius 3 is 2.35 bits per heavy atom. The Bertz CT molecular complexity index is 1420. The Morgan fingerprint density at radius 1 is 1.02 bits per heavy atom. The van der Waals surface area contributed by atoms with Gasteiger partial charge >= 0.3 is 0 Å². The van der Waals surface area contributed by atoms with Crippen molar-refractivity contribution in [3.63, 3.8) is 0 Å². The molecule has 0 bridgehead atoms. The lowest BCUT2D eigenvalue weighted by Gasteiger charge is -2.15. The van der Waals surface area contributed by atoms with Gasteiger partial charge in [0, 0.05) is 18.5 Å². The minimum atomic E-state index is -0.745. The van der Waals surface area contributed by atoms with Crippen LogP contribution in [0.3, 0.4) is 0 Å². The number of hydrogen-bond donors (Lipinski definition) is 3. The highest BCUT2D eigenvalue weighted by Crippen LogP contribution is 2.21. The number of carbonyl (C=O) groups is 2. The fourth-order valence-corrected chi connectivity index (χ4v) is 3.88. The van der Waals surface area contributed by atoms with Crippen LogP contribution in [0.5, 0.6) is 5.75 Å². The normalized spacial score (nSPS) is 11.1. The number of nitrogens with zero attached hydrogens (tertiary/aromatic N) is 3. The van der Waals surface area contributed by atoms with Crippen molar-refractivity contribution in [3.8, 4) is 5.75 Å². The molecule has 0 saturated carbocycles. The molecule has 4 aromatic rings. The molecule has 0 aliphatic heterocycles. The van der Waals surface area contributed by atoms with Gasteiger partial charge in [0.1, 0.15) is 30.1 Å². The summed E-state index contributed by atoms with van der Waals surface area (Å²) in [6, 6.07) is 20.8. The van der Waals surface area contributed by atoms with E-state index in [1.165, 1.54) is 12.3 Å². The largest absolute Gasteiger partial charge is 0.490 e. The second-order valence-electron chi connectivity index (χ2n) is 9.44. The molecule has 3 aromatic carbocycles. The number of hydrogen-bond acceptors (Lipinski definition) is 7. The number of amides is 1. The average Bonchev–Trinajstić information content (AvgIpc) is 3.47. The maximum atomic E-state index is 13.3. The van der Waals surface area contributed by atoms with E-state index in [4.69, 9.17) is 10.5 Å². The predicted molar refractivity (Wildman–Crippen MR) is 161 cm³/mol. The number of aryl methyl sites for hydroxylation is 1. The first-order chi connectivity index (χ1) is 20.3. The number of carbonyl (C=O) groups excluding carboxylic acids is 2. The van der Waals surface area contributed by atoms with E-state index in [0.717, 1.165) is 35.3 Å². The van der Waals surface area contributed by atoms with Crippen molar-refractivity contribution in [2.24, 2.45) is 5.73 Å². The van der Waals surface area contributed by atoms with Crippen LogP contribution in [-0.2, 0) is 13.0 Å². The Kier molecular flexibility index (Phi) is 15.0. The molecule has 0 radical (unpaired) electrons. The summed E-state index contributed by atoms with van der Waals surface area (Å²) < 4.78 is 33.4. The van der Waals surface area contributed by atoms with E-state index >= 15 is 0 Å². The number of ketones is 1. The molecule has 43 heavy (non-hydrogen) atoms. The number of nitrogens with one attached hydrogen (secondary N) is 1. The van der Waals surface area contributed by atoms with Crippen LogP contribution in [0.1, 0.15) is 51.7 Å². The van der Waals surface area contributed by atoms with Gasteiger partial charge < -0.3 is 20.9 Å². The molecule has 1 aromatic heterocycles. The average molecular weight is 616 g/mol. The number of aromatic nitrogens is 3. The second-order valence-corrected chi connectivity index (χ2v) is 9.44. The summed E-state index contributed by atoms with van der Waals surface area (Å²) in [5.41, 5.74) is 6.50. The zero-order chi connectivity index (χ0) is 30.3. The predicted octanol–water partition coefficient (Wildman–Crippen LogP) is 4.37. The van der Waals surface area contributed by atoms with Gasteiger partial charge in [0.25, 0.3) is 5.91 Å². The van der Waals surface area contributed by atoms with Gasteiger partial charge in [0.05, 0.1) is 18.3 Å². The van der Waals surface area contributed by atoms with Gasteiger partial charge in [-0.1, -0.05) is 60.7 Å². The molecule has 0 fully saturated rings. The lowest BCUT2D eigenvalue weighted by atomic mass is 10.0. The first kappa shape index (κ1) is 35.0. The van der Waals surface area contributed by atoms with E-state index in [0.29, 0.717) is 30.7 Å². The maximum absolute atomic E-state index is 13.3. The van der Waals surface area contributed by atoms with E-state index in [1.807, 2.05) is 42.5 Å². The van der Waals surface area contributed by atoms with Gasteiger partial charge in [-0.3, -0.25) is 9.59 Å². The highest BCUT2D eigenvalue weighted by Gasteiger charge is 2.14. The molecule has 0 aliphatic rings. The molecule has 0 spiro atoms. The topological polar surface area (TPSA) is 132 Å². The third kappa shape index (κ3) is 11.5. The van der Waals surface area contributed by atoms with Gasteiger partial charge in [-0.2, -0.15) is 0 Å². The Balaban J connectivity index is 0.000000313. The summed E-state index contributed by atoms with van der Waals surface area (Å²) in [6.07, 6.45) is 2.79. The van der Waals surface area contributed by atoms with E-state index in [1.54, 1.807) is 12.1 Å². The number of primary amides is 1. The van der Waals surface area contributed by atoms with Crippen LogP contribution in [0.4, 0.5) is 8.78 Å². The lowest BCUT2D eigenvalue weighted by Crippen LogP contribution is -2.32. The first-order valence-electron chi connectivity index (χ1n) is 13.6. The number of para-hydroxylation sites is 1. The smallest absolute Gasteiger partial charge is 0.270 e. The van der Waals surface area contributed by atoms with Crippen molar-refractivity contribution in [2.45, 2.75) is 38.8 Å². The SMILES string of the molecule is CCCNCC(O)COc1ccccc1C(=O)CCc1ccccc1.Cl.NC(=O)c1cn(Cc2c(F)cccc2F)nn1. The quantitative estimate of drug-likeness (QED) is 0.142. The number of benzene rings is 3. The Labute approximate surface area is 255 Å². The van der Waals surface area contributed by atoms with E-state index in [2.05, 4.69) is 22.6 Å². The standard InChI is InChI=1S/C21H27NO3.C10H8F2N4O.ClH/c1-2-14-22-15-18(23)16-25-21-11-7-6-10-19(21)20(24)13-12-17-8-4-3-5-9-17;11-7-2-1-3-8(12)6(7)4-16-5-9(10(13)17)14-15-16;/h3-11,18,22-23H,2,12-16H2,1H3;1-3,5H,4H2,(H2,13,17);1H.